The van der Waals surface area contributed by atoms with Crippen LogP contribution in [-0.2, 0) is 23.9 Å². The van der Waals surface area contributed by atoms with E-state index in [0.29, 0.717) is 0 Å². The van der Waals surface area contributed by atoms with Gasteiger partial charge in [0.2, 0.25) is 17.7 Å². The quantitative estimate of drug-likeness (QED) is 0.190. The van der Waals surface area contributed by atoms with E-state index >= 15 is 0 Å². The minimum atomic E-state index is -1.31. The lowest BCUT2D eigenvalue weighted by Gasteiger charge is -2.29. The Morgan fingerprint density at radius 1 is 0.706 bits per heavy atom. The third-order valence-corrected chi connectivity index (χ3v) is 6.83. The van der Waals surface area contributed by atoms with Crippen molar-refractivity contribution in [2.75, 3.05) is 13.1 Å². The van der Waals surface area contributed by atoms with Gasteiger partial charge in [-0.15, -0.1) is 0 Å². The molecule has 0 aromatic carbocycles. The van der Waals surface area contributed by atoms with E-state index in [2.05, 4.69) is 10.6 Å². The number of ether oxygens (including phenoxy) is 2. The van der Waals surface area contributed by atoms with Crippen molar-refractivity contribution in [3.63, 3.8) is 0 Å². The van der Waals surface area contributed by atoms with Crippen LogP contribution in [0.25, 0.3) is 0 Å². The maximum absolute atomic E-state index is 12.3. The number of rotatable bonds is 10. The average Bonchev–Trinajstić information content (AvgIpc) is 3.70. The largest absolute Gasteiger partial charge is 0.388 e. The second kappa shape index (κ2) is 10.4. The van der Waals surface area contributed by atoms with Crippen LogP contribution in [0.5, 0.6) is 0 Å². The molecule has 6 N–H and O–H groups in total. The van der Waals surface area contributed by atoms with Gasteiger partial charge in [0.1, 0.15) is 36.6 Å². The summed E-state index contributed by atoms with van der Waals surface area (Å²) in [4.78, 5) is 37.7. The molecule has 4 rings (SSSR count). The van der Waals surface area contributed by atoms with Crippen molar-refractivity contribution >= 4 is 17.7 Å². The van der Waals surface area contributed by atoms with Crippen molar-refractivity contribution in [1.82, 2.24) is 15.5 Å². The zero-order chi connectivity index (χ0) is 24.6. The Bertz CT molecular complexity index is 719. The van der Waals surface area contributed by atoms with Gasteiger partial charge in [0.15, 0.2) is 0 Å². The van der Waals surface area contributed by atoms with E-state index in [-0.39, 0.29) is 55.7 Å². The highest BCUT2D eigenvalue weighted by Gasteiger charge is 2.47. The molecule has 34 heavy (non-hydrogen) atoms. The molecule has 0 unspecified atom stereocenters. The second-order valence-corrected chi connectivity index (χ2v) is 9.90. The molecule has 2 heterocycles. The van der Waals surface area contributed by atoms with Gasteiger partial charge in [-0.3, -0.25) is 14.4 Å². The number of nitrogens with zero attached hydrogens (tertiary/aromatic N) is 1. The Morgan fingerprint density at radius 3 is 1.38 bits per heavy atom. The molecule has 192 valence electrons. The highest BCUT2D eigenvalue weighted by molar-refractivity contribution is 5.77. The number of nitrogens with one attached hydrogen (secondary N) is 2. The van der Waals surface area contributed by atoms with Gasteiger partial charge in [-0.2, -0.15) is 0 Å². The molecular formula is C22H35N3O9. The van der Waals surface area contributed by atoms with Crippen LogP contribution in [0.1, 0.15) is 45.4 Å². The highest BCUT2D eigenvalue weighted by atomic mass is 16.6. The van der Waals surface area contributed by atoms with Crippen LogP contribution in [0.3, 0.4) is 0 Å². The molecule has 0 aromatic rings. The molecule has 8 atom stereocenters. The summed E-state index contributed by atoms with van der Waals surface area (Å²) in [5.41, 5.74) is 0. The first kappa shape index (κ1) is 25.3. The number of aliphatic hydroxyl groups is 4. The zero-order valence-electron chi connectivity index (χ0n) is 19.2. The number of carbonyl (C=O) groups excluding carboxylic acids is 3. The van der Waals surface area contributed by atoms with Gasteiger partial charge in [0, 0.05) is 32.1 Å². The second-order valence-electron chi connectivity index (χ2n) is 9.90. The smallest absolute Gasteiger partial charge is 0.222 e. The molecule has 0 spiro atoms. The van der Waals surface area contributed by atoms with Crippen LogP contribution in [-0.4, -0.2) is 117 Å². The number of hydrogen-bond donors (Lipinski definition) is 6. The van der Waals surface area contributed by atoms with Gasteiger partial charge in [0.05, 0.1) is 25.0 Å². The predicted molar refractivity (Wildman–Crippen MR) is 115 cm³/mol. The van der Waals surface area contributed by atoms with E-state index in [1.807, 2.05) is 0 Å². The first-order chi connectivity index (χ1) is 16.1. The van der Waals surface area contributed by atoms with Crippen molar-refractivity contribution in [1.29, 1.82) is 0 Å². The fraction of sp³-hybridized carbons (Fsp3) is 0.864. The molecule has 2 saturated heterocycles. The third kappa shape index (κ3) is 6.23. The molecule has 3 amide bonds. The molecule has 4 aliphatic rings. The topological polar surface area (TPSA) is 178 Å². The summed E-state index contributed by atoms with van der Waals surface area (Å²) in [6, 6.07) is 0.327. The Balaban J connectivity index is 1.30. The fourth-order valence-electron chi connectivity index (χ4n) is 4.45. The van der Waals surface area contributed by atoms with Crippen molar-refractivity contribution < 1.29 is 44.3 Å². The summed E-state index contributed by atoms with van der Waals surface area (Å²) >= 11 is 0. The number of hydrogen-bond acceptors (Lipinski definition) is 9. The molecule has 4 fully saturated rings. The van der Waals surface area contributed by atoms with Gasteiger partial charge in [-0.25, -0.2) is 0 Å². The normalized spacial score (nSPS) is 37.4. The van der Waals surface area contributed by atoms with Crippen molar-refractivity contribution in [3.8, 4) is 0 Å². The van der Waals surface area contributed by atoms with Crippen LogP contribution in [0.2, 0.25) is 0 Å². The van der Waals surface area contributed by atoms with E-state index < -0.39 is 48.8 Å². The highest BCUT2D eigenvalue weighted by Crippen LogP contribution is 2.28. The summed E-state index contributed by atoms with van der Waals surface area (Å²) in [6.07, 6.45) is -5.39. The molecule has 2 saturated carbocycles. The Hall–Kier alpha value is -1.83. The van der Waals surface area contributed by atoms with Gasteiger partial charge in [-0.05, 0) is 25.7 Å². The molecule has 12 heteroatoms. The van der Waals surface area contributed by atoms with Crippen LogP contribution in [0.4, 0.5) is 0 Å². The molecule has 0 aromatic heterocycles. The lowest BCUT2D eigenvalue weighted by atomic mass is 10.0. The summed E-state index contributed by atoms with van der Waals surface area (Å²) in [6.45, 7) is 1.09. The Kier molecular flexibility index (Phi) is 7.75. The lowest BCUT2D eigenvalue weighted by Crippen LogP contribution is -2.47. The molecular weight excluding hydrogens is 450 g/mol. The van der Waals surface area contributed by atoms with Crippen LogP contribution < -0.4 is 10.6 Å². The first-order valence-corrected chi connectivity index (χ1v) is 12.0. The average molecular weight is 486 g/mol. The third-order valence-electron chi connectivity index (χ3n) is 6.83. The number of amides is 3. The predicted octanol–water partition coefficient (Wildman–Crippen LogP) is -2.85. The first-order valence-electron chi connectivity index (χ1n) is 12.0. The van der Waals surface area contributed by atoms with Crippen LogP contribution in [0, 0.1) is 0 Å². The summed E-state index contributed by atoms with van der Waals surface area (Å²) in [5, 5.41) is 47.1. The van der Waals surface area contributed by atoms with Crippen LogP contribution >= 0.6 is 0 Å². The minimum absolute atomic E-state index is 0.105. The van der Waals surface area contributed by atoms with Crippen LogP contribution in [0.15, 0.2) is 0 Å². The standard InChI is InChI=1S/C22H35N3O9/c1-10(26)25(8-15-21(31)19(29)13(33-15)6-17(27)23-11-2-3-11)9-16-22(32)20(30)14(34-16)7-18(28)24-12-4-5-12/h11-16,19-22,29-32H,2-9H2,1H3,(H,23,27)(H,24,28)/t13-,14-,15+,16+,19-,20-,21+,22+/m0/s1. The van der Waals surface area contributed by atoms with Crippen molar-refractivity contribution in [2.45, 2.75) is 106 Å². The summed E-state index contributed by atoms with van der Waals surface area (Å²) < 4.78 is 11.4. The molecule has 0 radical (unpaired) electrons. The fourth-order valence-corrected chi connectivity index (χ4v) is 4.45. The van der Waals surface area contributed by atoms with Gasteiger partial charge >= 0.3 is 0 Å². The number of aliphatic hydroxyl groups excluding tert-OH is 4. The maximum Gasteiger partial charge on any atom is 0.222 e. The minimum Gasteiger partial charge on any atom is -0.388 e. The Morgan fingerprint density at radius 2 is 1.06 bits per heavy atom. The zero-order valence-corrected chi connectivity index (χ0v) is 19.2. The van der Waals surface area contributed by atoms with Gasteiger partial charge in [-0.1, -0.05) is 0 Å². The molecule has 0 bridgehead atoms. The van der Waals surface area contributed by atoms with Crippen molar-refractivity contribution in [2.24, 2.45) is 0 Å². The van der Waals surface area contributed by atoms with E-state index in [1.165, 1.54) is 11.8 Å². The molecule has 2 aliphatic carbocycles. The summed E-state index contributed by atoms with van der Waals surface area (Å²) in [5.74, 6) is -0.924. The summed E-state index contributed by atoms with van der Waals surface area (Å²) in [7, 11) is 0. The van der Waals surface area contributed by atoms with Gasteiger partial charge < -0.3 is 45.4 Å². The van der Waals surface area contributed by atoms with E-state index in [1.54, 1.807) is 0 Å². The number of carbonyl (C=O) groups is 3. The lowest BCUT2D eigenvalue weighted by molar-refractivity contribution is -0.136. The monoisotopic (exact) mass is 485 g/mol. The van der Waals surface area contributed by atoms with E-state index in [4.69, 9.17) is 9.47 Å². The van der Waals surface area contributed by atoms with Gasteiger partial charge in [0.25, 0.3) is 0 Å². The molecule has 12 nitrogen and oxygen atoms in total. The van der Waals surface area contributed by atoms with E-state index in [9.17, 15) is 34.8 Å². The van der Waals surface area contributed by atoms with E-state index in [0.717, 1.165) is 25.7 Å². The molecule has 2 aliphatic heterocycles. The van der Waals surface area contributed by atoms with Crippen molar-refractivity contribution in [3.05, 3.63) is 0 Å². The Labute approximate surface area is 197 Å². The SMILES string of the molecule is CC(=O)N(C[C@H]1O[C@@H](CC(=O)NC2CC2)[C@H](O)[C@@H]1O)C[C@H]1O[C@@H](CC(=O)NC2CC2)[C@H](O)[C@@H]1O. The maximum atomic E-state index is 12.3.